The lowest BCUT2D eigenvalue weighted by atomic mass is 9.97. The Morgan fingerprint density at radius 1 is 1.20 bits per heavy atom. The van der Waals surface area contributed by atoms with Crippen LogP contribution >= 0.6 is 24.0 Å². The fraction of sp³-hybridized carbons (Fsp3) is 0.619. The number of rotatable bonds is 8. The largest absolute Gasteiger partial charge is 0.466 e. The van der Waals surface area contributed by atoms with E-state index in [0.717, 1.165) is 0 Å². The summed E-state index contributed by atoms with van der Waals surface area (Å²) in [4.78, 5) is 19.0. The molecule has 9 heteroatoms. The third kappa shape index (κ3) is 7.72. The lowest BCUT2D eigenvalue weighted by Gasteiger charge is -2.35. The molecule has 1 saturated heterocycles. The number of guanidine groups is 1. The van der Waals surface area contributed by atoms with Crippen molar-refractivity contribution in [3.8, 4) is 0 Å². The van der Waals surface area contributed by atoms with E-state index in [0.29, 0.717) is 56.4 Å². The van der Waals surface area contributed by atoms with Crippen molar-refractivity contribution in [3.05, 3.63) is 30.3 Å². The molecule has 0 radical (unpaired) electrons. The number of nitrogens with zero attached hydrogens (tertiary/aromatic N) is 2. The number of aliphatic imine (C=N–C) groups is 1. The van der Waals surface area contributed by atoms with Gasteiger partial charge in [-0.3, -0.25) is 9.79 Å². The number of carbonyl (C=O) groups excluding carboxylic acids is 1. The van der Waals surface area contributed by atoms with Crippen LogP contribution in [-0.4, -0.2) is 63.3 Å². The Morgan fingerprint density at radius 2 is 1.83 bits per heavy atom. The van der Waals surface area contributed by atoms with Gasteiger partial charge in [0, 0.05) is 25.7 Å². The number of hydrogen-bond donors (Lipinski definition) is 1. The van der Waals surface area contributed by atoms with E-state index in [4.69, 9.17) is 4.74 Å². The smallest absolute Gasteiger partial charge is 0.309 e. The summed E-state index contributed by atoms with van der Waals surface area (Å²) in [6.45, 7) is 8.12. The Morgan fingerprint density at radius 3 is 2.37 bits per heavy atom. The van der Waals surface area contributed by atoms with E-state index >= 15 is 0 Å². The highest BCUT2D eigenvalue weighted by Gasteiger charge is 2.29. The molecule has 1 atom stereocenters. The van der Waals surface area contributed by atoms with E-state index in [9.17, 15) is 13.2 Å². The topological polar surface area (TPSA) is 88.1 Å². The number of benzene rings is 1. The van der Waals surface area contributed by atoms with Crippen molar-refractivity contribution in [2.24, 2.45) is 10.9 Å². The number of halogens is 1. The third-order valence-corrected chi connectivity index (χ3v) is 6.90. The summed E-state index contributed by atoms with van der Waals surface area (Å²) in [6.07, 6.45) is 2.08. The second-order valence-electron chi connectivity index (χ2n) is 7.16. The molecule has 1 aliphatic heterocycles. The van der Waals surface area contributed by atoms with Gasteiger partial charge < -0.3 is 15.0 Å². The summed E-state index contributed by atoms with van der Waals surface area (Å²) >= 11 is 0. The molecule has 1 aromatic rings. The first-order valence-electron chi connectivity index (χ1n) is 10.4. The molecule has 30 heavy (non-hydrogen) atoms. The Bertz CT molecular complexity index is 779. The predicted molar refractivity (Wildman–Crippen MR) is 130 cm³/mol. The summed E-state index contributed by atoms with van der Waals surface area (Å²) in [6, 6.07) is 8.29. The van der Waals surface area contributed by atoms with E-state index in [-0.39, 0.29) is 47.7 Å². The van der Waals surface area contributed by atoms with E-state index in [1.165, 1.54) is 0 Å². The molecular formula is C21H34IN3O4S. The number of esters is 1. The summed E-state index contributed by atoms with van der Waals surface area (Å²) in [5, 5.41) is 3.35. The zero-order valence-electron chi connectivity index (χ0n) is 18.0. The molecule has 0 saturated carbocycles. The molecule has 1 unspecified atom stereocenters. The number of carbonyl (C=O) groups is 1. The summed E-state index contributed by atoms with van der Waals surface area (Å²) in [5.74, 6) is 0.518. The van der Waals surface area contributed by atoms with Crippen LogP contribution in [0, 0.1) is 5.92 Å². The quantitative estimate of drug-likeness (QED) is 0.231. The Balaban J connectivity index is 0.00000450. The number of piperidine rings is 1. The van der Waals surface area contributed by atoms with Gasteiger partial charge in [-0.05, 0) is 45.2 Å². The van der Waals surface area contributed by atoms with Crippen LogP contribution < -0.4 is 5.32 Å². The third-order valence-electron chi connectivity index (χ3n) is 5.07. The van der Waals surface area contributed by atoms with Crippen LogP contribution in [0.4, 0.5) is 0 Å². The Labute approximate surface area is 197 Å². The fourth-order valence-corrected chi connectivity index (χ4v) is 5.02. The molecule has 0 amide bonds. The molecule has 1 N–H and O–H groups in total. The van der Waals surface area contributed by atoms with Crippen molar-refractivity contribution < 1.29 is 17.9 Å². The average Bonchev–Trinajstić information content (AvgIpc) is 2.73. The summed E-state index contributed by atoms with van der Waals surface area (Å²) in [5.41, 5.74) is 0. The molecule has 2 rings (SSSR count). The van der Waals surface area contributed by atoms with Gasteiger partial charge in [0.15, 0.2) is 15.8 Å². The van der Waals surface area contributed by atoms with Crippen LogP contribution in [0.15, 0.2) is 40.2 Å². The molecule has 1 heterocycles. The van der Waals surface area contributed by atoms with Gasteiger partial charge in [-0.25, -0.2) is 8.42 Å². The van der Waals surface area contributed by atoms with Crippen molar-refractivity contribution >= 4 is 45.7 Å². The van der Waals surface area contributed by atoms with Gasteiger partial charge in [0.25, 0.3) is 0 Å². The monoisotopic (exact) mass is 551 g/mol. The lowest BCUT2D eigenvalue weighted by Crippen LogP contribution is -2.51. The van der Waals surface area contributed by atoms with Crippen LogP contribution in [0.2, 0.25) is 0 Å². The molecular weight excluding hydrogens is 517 g/mol. The highest BCUT2D eigenvalue weighted by Crippen LogP contribution is 2.19. The van der Waals surface area contributed by atoms with Crippen molar-refractivity contribution in [3.63, 3.8) is 0 Å². The first-order chi connectivity index (χ1) is 13.9. The number of likely N-dealkylation sites (tertiary alicyclic amines) is 1. The maximum absolute atomic E-state index is 12.8. The maximum Gasteiger partial charge on any atom is 0.309 e. The Hall–Kier alpha value is -1.36. The highest BCUT2D eigenvalue weighted by atomic mass is 127. The molecule has 0 spiro atoms. The van der Waals surface area contributed by atoms with E-state index in [1.54, 1.807) is 30.3 Å². The lowest BCUT2D eigenvalue weighted by molar-refractivity contribution is -0.149. The van der Waals surface area contributed by atoms with Gasteiger partial charge in [0.05, 0.1) is 23.2 Å². The number of ether oxygens (including phenoxy) is 1. The standard InChI is InChI=1S/C21H33N3O4S.HI/c1-4-18(16-29(26,27)19-10-8-7-9-11-19)23-21(22-5-2)24-14-12-17(13-15-24)20(25)28-6-3;/h7-11,17-18H,4-6,12-16H2,1-3H3,(H,22,23);1H. The van der Waals surface area contributed by atoms with Gasteiger partial charge in [-0.2, -0.15) is 0 Å². The number of hydrogen-bond acceptors (Lipinski definition) is 5. The van der Waals surface area contributed by atoms with Crippen molar-refractivity contribution in [1.29, 1.82) is 0 Å². The van der Waals surface area contributed by atoms with Crippen molar-refractivity contribution in [2.45, 2.75) is 51.0 Å². The van der Waals surface area contributed by atoms with Gasteiger partial charge in [-0.1, -0.05) is 25.1 Å². The summed E-state index contributed by atoms with van der Waals surface area (Å²) in [7, 11) is -3.39. The Kier molecular flexibility index (Phi) is 11.7. The molecule has 1 aromatic carbocycles. The van der Waals surface area contributed by atoms with Gasteiger partial charge in [0.2, 0.25) is 0 Å². The van der Waals surface area contributed by atoms with Crippen LogP contribution in [0.5, 0.6) is 0 Å². The van der Waals surface area contributed by atoms with Crippen LogP contribution in [0.1, 0.15) is 40.0 Å². The van der Waals surface area contributed by atoms with Gasteiger partial charge in [0.1, 0.15) is 0 Å². The molecule has 0 aliphatic carbocycles. The van der Waals surface area contributed by atoms with Gasteiger partial charge in [-0.15, -0.1) is 24.0 Å². The zero-order valence-corrected chi connectivity index (χ0v) is 21.2. The molecule has 7 nitrogen and oxygen atoms in total. The van der Waals surface area contributed by atoms with E-state index < -0.39 is 9.84 Å². The number of sulfone groups is 1. The minimum atomic E-state index is -3.39. The second kappa shape index (κ2) is 13.1. The van der Waals surface area contributed by atoms with Crippen molar-refractivity contribution in [2.75, 3.05) is 32.0 Å². The zero-order chi connectivity index (χ0) is 21.3. The maximum atomic E-state index is 12.8. The molecule has 0 aromatic heterocycles. The second-order valence-corrected chi connectivity index (χ2v) is 9.19. The minimum Gasteiger partial charge on any atom is -0.466 e. The SMILES string of the molecule is CCN=C(NC(CC)CS(=O)(=O)c1ccccc1)N1CCC(C(=O)OCC)CC1.I. The molecule has 0 bridgehead atoms. The predicted octanol–water partition coefficient (Wildman–Crippen LogP) is 3.10. The minimum absolute atomic E-state index is 0. The first kappa shape index (κ1) is 26.7. The van der Waals surface area contributed by atoms with Gasteiger partial charge >= 0.3 is 5.97 Å². The molecule has 1 aliphatic rings. The fourth-order valence-electron chi connectivity index (χ4n) is 3.41. The molecule has 1 fully saturated rings. The van der Waals surface area contributed by atoms with Crippen molar-refractivity contribution in [1.82, 2.24) is 10.2 Å². The average molecular weight is 551 g/mol. The number of nitrogens with one attached hydrogen (secondary N) is 1. The van der Waals surface area contributed by atoms with Crippen LogP contribution in [0.25, 0.3) is 0 Å². The first-order valence-corrected chi connectivity index (χ1v) is 12.1. The van der Waals surface area contributed by atoms with E-state index in [1.807, 2.05) is 20.8 Å². The van der Waals surface area contributed by atoms with Crippen LogP contribution in [0.3, 0.4) is 0 Å². The van der Waals surface area contributed by atoms with Crippen LogP contribution in [-0.2, 0) is 19.4 Å². The molecule has 170 valence electrons. The van der Waals surface area contributed by atoms with E-state index in [2.05, 4.69) is 15.2 Å². The highest BCUT2D eigenvalue weighted by molar-refractivity contribution is 14.0. The summed E-state index contributed by atoms with van der Waals surface area (Å²) < 4.78 is 30.6. The normalized spacial score (nSPS) is 16.5.